The zero-order valence-corrected chi connectivity index (χ0v) is 17.4. The number of thiophene rings is 1. The number of hydrogen-bond acceptors (Lipinski definition) is 4. The number of ether oxygens (including phenoxy) is 1. The molecule has 6 heteroatoms. The molecule has 2 saturated heterocycles. The van der Waals surface area contributed by atoms with Gasteiger partial charge in [0.15, 0.2) is 0 Å². The van der Waals surface area contributed by atoms with Gasteiger partial charge in [0.25, 0.3) is 5.91 Å². The van der Waals surface area contributed by atoms with Gasteiger partial charge >= 0.3 is 0 Å². The van der Waals surface area contributed by atoms with E-state index >= 15 is 0 Å². The summed E-state index contributed by atoms with van der Waals surface area (Å²) in [7, 11) is 1.66. The Morgan fingerprint density at radius 2 is 1.86 bits per heavy atom. The van der Waals surface area contributed by atoms with Crippen molar-refractivity contribution in [1.29, 1.82) is 0 Å². The maximum atomic E-state index is 13.3. The summed E-state index contributed by atoms with van der Waals surface area (Å²) in [5.41, 5.74) is 1.15. The molecule has 2 fully saturated rings. The van der Waals surface area contributed by atoms with Gasteiger partial charge in [0.2, 0.25) is 5.91 Å². The summed E-state index contributed by atoms with van der Waals surface area (Å²) in [5, 5.41) is 0. The number of likely N-dealkylation sites (tertiary alicyclic amines) is 2. The summed E-state index contributed by atoms with van der Waals surface area (Å²) in [6, 6.07) is 12.1. The molecule has 0 spiro atoms. The van der Waals surface area contributed by atoms with Gasteiger partial charge in [-0.05, 0) is 49.6 Å². The molecule has 5 nitrogen and oxygen atoms in total. The van der Waals surface area contributed by atoms with Crippen molar-refractivity contribution in [2.45, 2.75) is 44.7 Å². The lowest BCUT2D eigenvalue weighted by Crippen LogP contribution is -2.53. The van der Waals surface area contributed by atoms with Crippen LogP contribution in [-0.4, -0.2) is 53.9 Å². The van der Waals surface area contributed by atoms with Crippen LogP contribution < -0.4 is 4.74 Å². The summed E-state index contributed by atoms with van der Waals surface area (Å²) in [4.78, 5) is 31.6. The van der Waals surface area contributed by atoms with Crippen molar-refractivity contribution in [3.05, 3.63) is 51.7 Å². The fourth-order valence-electron chi connectivity index (χ4n) is 4.72. The number of nitrogens with zero attached hydrogens (tertiary/aromatic N) is 2. The first-order valence-electron chi connectivity index (χ1n) is 9.78. The van der Waals surface area contributed by atoms with E-state index in [2.05, 4.69) is 12.1 Å². The van der Waals surface area contributed by atoms with Crippen LogP contribution in [0.4, 0.5) is 0 Å². The second kappa shape index (κ2) is 7.59. The highest BCUT2D eigenvalue weighted by Crippen LogP contribution is 2.41. The van der Waals surface area contributed by atoms with E-state index in [1.807, 2.05) is 41.0 Å². The Balaban J connectivity index is 1.70. The van der Waals surface area contributed by atoms with E-state index < -0.39 is 0 Å². The average molecular weight is 399 g/mol. The van der Waals surface area contributed by atoms with Crippen molar-refractivity contribution >= 4 is 23.2 Å². The lowest BCUT2D eigenvalue weighted by Gasteiger charge is -2.41. The van der Waals surface area contributed by atoms with Gasteiger partial charge in [-0.25, -0.2) is 0 Å². The van der Waals surface area contributed by atoms with Crippen molar-refractivity contribution in [2.75, 3.05) is 20.2 Å². The highest BCUT2D eigenvalue weighted by molar-refractivity contribution is 7.13. The van der Waals surface area contributed by atoms with Crippen LogP contribution in [0.15, 0.2) is 36.4 Å². The van der Waals surface area contributed by atoms with Crippen LogP contribution in [0.3, 0.4) is 0 Å². The van der Waals surface area contributed by atoms with Gasteiger partial charge in [-0.1, -0.05) is 12.1 Å². The first-order chi connectivity index (χ1) is 13.5. The van der Waals surface area contributed by atoms with Crippen molar-refractivity contribution in [2.24, 2.45) is 0 Å². The van der Waals surface area contributed by atoms with E-state index in [0.29, 0.717) is 6.54 Å². The van der Waals surface area contributed by atoms with Gasteiger partial charge in [-0.3, -0.25) is 9.59 Å². The van der Waals surface area contributed by atoms with Crippen LogP contribution in [0.1, 0.15) is 45.8 Å². The molecule has 3 heterocycles. The van der Waals surface area contributed by atoms with Gasteiger partial charge in [-0.15, -0.1) is 11.3 Å². The normalized spacial score (nSPS) is 24.2. The minimum absolute atomic E-state index is 0.0321. The molecule has 2 aliphatic heterocycles. The number of piperidine rings is 1. The molecule has 1 aromatic heterocycles. The number of carbonyl (C=O) groups excluding carboxylic acids is 2. The molecule has 2 aromatic rings. The van der Waals surface area contributed by atoms with Crippen LogP contribution in [0.25, 0.3) is 0 Å². The Morgan fingerprint density at radius 3 is 2.46 bits per heavy atom. The predicted molar refractivity (Wildman–Crippen MR) is 110 cm³/mol. The van der Waals surface area contributed by atoms with Gasteiger partial charge in [0.1, 0.15) is 5.75 Å². The van der Waals surface area contributed by atoms with Gasteiger partial charge in [-0.2, -0.15) is 0 Å². The SMILES string of the molecule is COc1ccc([C@H]2CN(C(=O)c3ccc(C)s3)[C@@H]3CCCN(C(C)=O)[C@H]23)cc1. The Morgan fingerprint density at radius 1 is 1.11 bits per heavy atom. The van der Waals surface area contributed by atoms with Crippen molar-refractivity contribution in [3.8, 4) is 5.75 Å². The second-order valence-electron chi connectivity index (χ2n) is 7.66. The standard InChI is InChI=1S/C22H26N2O3S/c1-14-6-11-20(28-14)22(26)24-13-18(16-7-9-17(27-3)10-8-16)21-19(24)5-4-12-23(21)15(2)25/h6-11,18-19,21H,4-5,12-13H2,1-3H3/t18-,19-,21-/m1/s1. The number of benzene rings is 1. The maximum Gasteiger partial charge on any atom is 0.264 e. The molecule has 0 radical (unpaired) electrons. The maximum absolute atomic E-state index is 13.3. The van der Waals surface area contributed by atoms with E-state index in [1.54, 1.807) is 25.4 Å². The number of methoxy groups -OCH3 is 1. The van der Waals surface area contributed by atoms with E-state index in [0.717, 1.165) is 40.5 Å². The quantitative estimate of drug-likeness (QED) is 0.792. The van der Waals surface area contributed by atoms with E-state index in [4.69, 9.17) is 4.74 Å². The number of fused-ring (bicyclic) bond motifs is 1. The van der Waals surface area contributed by atoms with Crippen LogP contribution in [0.5, 0.6) is 5.75 Å². The topological polar surface area (TPSA) is 49.9 Å². The summed E-state index contributed by atoms with van der Waals surface area (Å²) in [5.74, 6) is 1.11. The Bertz CT molecular complexity index is 876. The molecule has 148 valence electrons. The van der Waals surface area contributed by atoms with Crippen LogP contribution in [0, 0.1) is 6.92 Å². The largest absolute Gasteiger partial charge is 0.497 e. The summed E-state index contributed by atoms with van der Waals surface area (Å²) in [6.45, 7) is 5.07. The fraction of sp³-hybridized carbons (Fsp3) is 0.455. The third-order valence-electron chi connectivity index (χ3n) is 6.02. The highest BCUT2D eigenvalue weighted by atomic mass is 32.1. The van der Waals surface area contributed by atoms with Gasteiger partial charge in [0.05, 0.1) is 24.1 Å². The Hall–Kier alpha value is -2.34. The molecule has 2 aliphatic rings. The molecule has 3 atom stereocenters. The Kier molecular flexibility index (Phi) is 5.15. The molecular weight excluding hydrogens is 372 g/mol. The first kappa shape index (κ1) is 19.0. The molecular formula is C22H26N2O3S. The molecule has 4 rings (SSSR count). The lowest BCUT2D eigenvalue weighted by molar-refractivity contribution is -0.133. The summed E-state index contributed by atoms with van der Waals surface area (Å²) in [6.07, 6.45) is 1.88. The third-order valence-corrected chi connectivity index (χ3v) is 7.01. The smallest absolute Gasteiger partial charge is 0.264 e. The summed E-state index contributed by atoms with van der Waals surface area (Å²) < 4.78 is 5.29. The average Bonchev–Trinajstić information content (AvgIpc) is 3.31. The molecule has 0 N–H and O–H groups in total. The minimum Gasteiger partial charge on any atom is -0.497 e. The number of hydrogen-bond donors (Lipinski definition) is 0. The molecule has 2 amide bonds. The molecule has 0 bridgehead atoms. The molecule has 0 aliphatic carbocycles. The first-order valence-corrected chi connectivity index (χ1v) is 10.6. The second-order valence-corrected chi connectivity index (χ2v) is 8.95. The molecule has 1 aromatic carbocycles. The van der Waals surface area contributed by atoms with E-state index in [-0.39, 0.29) is 29.8 Å². The van der Waals surface area contributed by atoms with E-state index in [1.165, 1.54) is 0 Å². The third kappa shape index (κ3) is 3.30. The fourth-order valence-corrected chi connectivity index (χ4v) is 5.55. The van der Waals surface area contributed by atoms with Crippen LogP contribution >= 0.6 is 11.3 Å². The van der Waals surface area contributed by atoms with Crippen LogP contribution in [-0.2, 0) is 4.79 Å². The molecule has 28 heavy (non-hydrogen) atoms. The monoisotopic (exact) mass is 398 g/mol. The summed E-state index contributed by atoms with van der Waals surface area (Å²) >= 11 is 1.54. The van der Waals surface area contributed by atoms with Gasteiger partial charge < -0.3 is 14.5 Å². The number of aryl methyl sites for hydroxylation is 1. The van der Waals surface area contributed by atoms with Crippen molar-refractivity contribution in [1.82, 2.24) is 9.80 Å². The number of carbonyl (C=O) groups is 2. The number of rotatable bonds is 3. The highest BCUT2D eigenvalue weighted by Gasteiger charge is 2.49. The lowest BCUT2D eigenvalue weighted by atomic mass is 9.86. The van der Waals surface area contributed by atoms with Gasteiger partial charge in [0, 0.05) is 30.8 Å². The Labute approximate surface area is 169 Å². The molecule has 0 saturated carbocycles. The van der Waals surface area contributed by atoms with Crippen LogP contribution in [0.2, 0.25) is 0 Å². The molecule has 0 unspecified atom stereocenters. The zero-order chi connectivity index (χ0) is 19.8. The van der Waals surface area contributed by atoms with E-state index in [9.17, 15) is 9.59 Å². The zero-order valence-electron chi connectivity index (χ0n) is 16.6. The minimum atomic E-state index is 0.0321. The van der Waals surface area contributed by atoms with Crippen molar-refractivity contribution < 1.29 is 14.3 Å². The number of amides is 2. The van der Waals surface area contributed by atoms with Crippen molar-refractivity contribution in [3.63, 3.8) is 0 Å². The predicted octanol–water partition coefficient (Wildman–Crippen LogP) is 3.68.